The highest BCUT2D eigenvalue weighted by atomic mass is 16.5. The number of ether oxygens (including phenoxy) is 1. The monoisotopic (exact) mass is 263 g/mol. The van der Waals surface area contributed by atoms with Crippen molar-refractivity contribution < 1.29 is 14.3 Å². The molecule has 4 nitrogen and oxygen atoms in total. The van der Waals surface area contributed by atoms with Crippen LogP contribution in [-0.2, 0) is 9.53 Å². The summed E-state index contributed by atoms with van der Waals surface area (Å²) in [7, 11) is 1.78. The van der Waals surface area contributed by atoms with Crippen LogP contribution in [0.15, 0.2) is 30.3 Å². The highest BCUT2D eigenvalue weighted by Gasteiger charge is 2.10. The first-order valence-corrected chi connectivity index (χ1v) is 6.61. The number of carbonyl (C=O) groups is 2. The molecule has 0 N–H and O–H groups in total. The lowest BCUT2D eigenvalue weighted by Gasteiger charge is -2.16. The van der Waals surface area contributed by atoms with Gasteiger partial charge in [-0.05, 0) is 31.9 Å². The average molecular weight is 263 g/mol. The maximum absolute atomic E-state index is 12.0. The summed E-state index contributed by atoms with van der Waals surface area (Å²) in [5.41, 5.74) is 0.690. The first-order valence-electron chi connectivity index (χ1n) is 6.61. The predicted octanol–water partition coefficient (Wildman–Crippen LogP) is 2.49. The SMILES string of the molecule is CCOC(=O)CCCCN(C)C(=O)c1ccccc1. The van der Waals surface area contributed by atoms with Crippen LogP contribution in [-0.4, -0.2) is 37.0 Å². The second-order valence-electron chi connectivity index (χ2n) is 4.35. The standard InChI is InChI=1S/C15H21NO3/c1-3-19-14(17)11-7-8-12-16(2)15(18)13-9-5-4-6-10-13/h4-6,9-10H,3,7-8,11-12H2,1-2H3. The van der Waals surface area contributed by atoms with Gasteiger partial charge in [0, 0.05) is 25.6 Å². The van der Waals surface area contributed by atoms with Gasteiger partial charge >= 0.3 is 5.97 Å². The van der Waals surface area contributed by atoms with Gasteiger partial charge in [-0.15, -0.1) is 0 Å². The summed E-state index contributed by atoms with van der Waals surface area (Å²) in [5.74, 6) is -0.156. The van der Waals surface area contributed by atoms with E-state index in [9.17, 15) is 9.59 Å². The van der Waals surface area contributed by atoms with Crippen molar-refractivity contribution >= 4 is 11.9 Å². The molecule has 0 spiro atoms. The molecule has 0 saturated carbocycles. The Balaban J connectivity index is 2.26. The van der Waals surface area contributed by atoms with Crippen LogP contribution in [0.4, 0.5) is 0 Å². The van der Waals surface area contributed by atoms with Crippen molar-refractivity contribution in [3.05, 3.63) is 35.9 Å². The fraction of sp³-hybridized carbons (Fsp3) is 0.467. The molecule has 0 saturated heterocycles. The third-order valence-electron chi connectivity index (χ3n) is 2.80. The molecule has 0 aliphatic heterocycles. The Morgan fingerprint density at radius 1 is 1.16 bits per heavy atom. The van der Waals surface area contributed by atoms with Crippen LogP contribution >= 0.6 is 0 Å². The molecule has 0 bridgehead atoms. The van der Waals surface area contributed by atoms with Gasteiger partial charge in [0.05, 0.1) is 6.61 Å². The summed E-state index contributed by atoms with van der Waals surface area (Å²) >= 11 is 0. The number of hydrogen-bond donors (Lipinski definition) is 0. The molecule has 1 aromatic rings. The lowest BCUT2D eigenvalue weighted by Crippen LogP contribution is -2.27. The number of unbranched alkanes of at least 4 members (excludes halogenated alkanes) is 1. The fourth-order valence-corrected chi connectivity index (χ4v) is 1.75. The third-order valence-corrected chi connectivity index (χ3v) is 2.80. The van der Waals surface area contributed by atoms with Crippen LogP contribution in [0.2, 0.25) is 0 Å². The summed E-state index contributed by atoms with van der Waals surface area (Å²) in [4.78, 5) is 24.8. The molecule has 0 radical (unpaired) electrons. The van der Waals surface area contributed by atoms with Crippen LogP contribution in [0.25, 0.3) is 0 Å². The molecular weight excluding hydrogens is 242 g/mol. The maximum atomic E-state index is 12.0. The Morgan fingerprint density at radius 2 is 1.84 bits per heavy atom. The van der Waals surface area contributed by atoms with Crippen LogP contribution in [0.5, 0.6) is 0 Å². The summed E-state index contributed by atoms with van der Waals surface area (Å²) in [6.45, 7) is 2.86. The average Bonchev–Trinajstić information content (AvgIpc) is 2.44. The van der Waals surface area contributed by atoms with E-state index in [1.807, 2.05) is 18.2 Å². The number of amides is 1. The van der Waals surface area contributed by atoms with Crippen LogP contribution in [0.1, 0.15) is 36.5 Å². The van der Waals surface area contributed by atoms with Crippen molar-refractivity contribution in [3.8, 4) is 0 Å². The molecule has 104 valence electrons. The molecule has 19 heavy (non-hydrogen) atoms. The Labute approximate surface area is 114 Å². The van der Waals surface area contributed by atoms with E-state index < -0.39 is 0 Å². The number of carbonyl (C=O) groups excluding carboxylic acids is 2. The smallest absolute Gasteiger partial charge is 0.305 e. The molecule has 1 amide bonds. The fourth-order valence-electron chi connectivity index (χ4n) is 1.75. The number of nitrogens with zero attached hydrogens (tertiary/aromatic N) is 1. The molecule has 0 atom stereocenters. The summed E-state index contributed by atoms with van der Waals surface area (Å²) in [5, 5.41) is 0. The first kappa shape index (κ1) is 15.2. The molecule has 0 aliphatic rings. The van der Waals surface area contributed by atoms with Crippen molar-refractivity contribution in [2.24, 2.45) is 0 Å². The summed E-state index contributed by atoms with van der Waals surface area (Å²) in [6.07, 6.45) is 1.96. The van der Waals surface area contributed by atoms with Gasteiger partial charge in [0.25, 0.3) is 5.91 Å². The number of hydrogen-bond acceptors (Lipinski definition) is 3. The van der Waals surface area contributed by atoms with E-state index in [0.717, 1.165) is 12.8 Å². The van der Waals surface area contributed by atoms with Gasteiger partial charge < -0.3 is 9.64 Å². The zero-order valence-electron chi connectivity index (χ0n) is 11.6. The second-order valence-corrected chi connectivity index (χ2v) is 4.35. The normalized spacial score (nSPS) is 10.0. The largest absolute Gasteiger partial charge is 0.466 e. The van der Waals surface area contributed by atoms with E-state index in [1.165, 1.54) is 0 Å². The minimum atomic E-state index is -0.167. The highest BCUT2D eigenvalue weighted by Crippen LogP contribution is 2.05. The maximum Gasteiger partial charge on any atom is 0.305 e. The number of rotatable bonds is 7. The molecule has 0 unspecified atom stereocenters. The third kappa shape index (κ3) is 5.55. The Bertz CT molecular complexity index is 403. The summed E-state index contributed by atoms with van der Waals surface area (Å²) in [6, 6.07) is 9.19. The number of esters is 1. The molecular formula is C15H21NO3. The van der Waals surface area contributed by atoms with E-state index in [1.54, 1.807) is 31.0 Å². The molecule has 0 aliphatic carbocycles. The Morgan fingerprint density at radius 3 is 2.47 bits per heavy atom. The van der Waals surface area contributed by atoms with E-state index >= 15 is 0 Å². The highest BCUT2D eigenvalue weighted by molar-refractivity contribution is 5.93. The van der Waals surface area contributed by atoms with Crippen LogP contribution in [0.3, 0.4) is 0 Å². The first-order chi connectivity index (χ1) is 9.15. The van der Waals surface area contributed by atoms with E-state index in [-0.39, 0.29) is 11.9 Å². The van der Waals surface area contributed by atoms with Crippen molar-refractivity contribution in [1.82, 2.24) is 4.90 Å². The molecule has 1 aromatic carbocycles. The van der Waals surface area contributed by atoms with E-state index in [0.29, 0.717) is 25.1 Å². The van der Waals surface area contributed by atoms with Gasteiger partial charge in [-0.1, -0.05) is 18.2 Å². The molecule has 0 fully saturated rings. The van der Waals surface area contributed by atoms with Gasteiger partial charge in [0.15, 0.2) is 0 Å². The quantitative estimate of drug-likeness (QED) is 0.561. The Hall–Kier alpha value is -1.84. The van der Waals surface area contributed by atoms with Crippen molar-refractivity contribution in [1.29, 1.82) is 0 Å². The lowest BCUT2D eigenvalue weighted by molar-refractivity contribution is -0.143. The van der Waals surface area contributed by atoms with Crippen molar-refractivity contribution in [2.75, 3.05) is 20.2 Å². The topological polar surface area (TPSA) is 46.6 Å². The predicted molar refractivity (Wildman–Crippen MR) is 73.9 cm³/mol. The van der Waals surface area contributed by atoms with Gasteiger partial charge in [0.1, 0.15) is 0 Å². The molecule has 4 heteroatoms. The molecule has 0 aromatic heterocycles. The number of benzene rings is 1. The van der Waals surface area contributed by atoms with E-state index in [2.05, 4.69) is 0 Å². The van der Waals surface area contributed by atoms with Crippen LogP contribution in [0, 0.1) is 0 Å². The molecule has 0 heterocycles. The lowest BCUT2D eigenvalue weighted by atomic mass is 10.2. The van der Waals surface area contributed by atoms with Gasteiger partial charge in [-0.25, -0.2) is 0 Å². The zero-order chi connectivity index (χ0) is 14.1. The van der Waals surface area contributed by atoms with Gasteiger partial charge in [0.2, 0.25) is 0 Å². The minimum absolute atomic E-state index is 0.0109. The molecule has 1 rings (SSSR count). The summed E-state index contributed by atoms with van der Waals surface area (Å²) < 4.78 is 4.85. The van der Waals surface area contributed by atoms with Crippen LogP contribution < -0.4 is 0 Å². The van der Waals surface area contributed by atoms with Crippen molar-refractivity contribution in [3.63, 3.8) is 0 Å². The Kier molecular flexibility index (Phi) is 6.64. The van der Waals surface area contributed by atoms with Gasteiger partial charge in [-0.2, -0.15) is 0 Å². The van der Waals surface area contributed by atoms with E-state index in [4.69, 9.17) is 4.74 Å². The van der Waals surface area contributed by atoms with Crippen molar-refractivity contribution in [2.45, 2.75) is 26.2 Å². The van der Waals surface area contributed by atoms with Gasteiger partial charge in [-0.3, -0.25) is 9.59 Å². The second kappa shape index (κ2) is 8.29. The zero-order valence-corrected chi connectivity index (χ0v) is 11.6. The minimum Gasteiger partial charge on any atom is -0.466 e.